The molecule has 0 heterocycles. The van der Waals surface area contributed by atoms with Gasteiger partial charge in [-0.15, -0.1) is 0 Å². The Hall–Kier alpha value is -0.0400. The summed E-state index contributed by atoms with van der Waals surface area (Å²) in [4.78, 5) is 0. The lowest BCUT2D eigenvalue weighted by molar-refractivity contribution is 0.139. The van der Waals surface area contributed by atoms with E-state index in [-0.39, 0.29) is 0 Å². The third-order valence-electron chi connectivity index (χ3n) is 2.26. The van der Waals surface area contributed by atoms with Crippen LogP contribution in [0.1, 0.15) is 46.5 Å². The van der Waals surface area contributed by atoms with Gasteiger partial charge in [-0.05, 0) is 25.7 Å². The third kappa shape index (κ3) is 6.36. The standard InChI is InChI=1S/C10H22O/c1-4-10(5-2)8-7-9-11-6-3/h10H,4-9H2,1-3H3. The highest BCUT2D eigenvalue weighted by atomic mass is 16.5. The Kier molecular flexibility index (Phi) is 8.03. The van der Waals surface area contributed by atoms with Crippen LogP contribution >= 0.6 is 0 Å². The summed E-state index contributed by atoms with van der Waals surface area (Å²) in [5, 5.41) is 0. The number of hydrogen-bond donors (Lipinski definition) is 0. The summed E-state index contributed by atoms with van der Waals surface area (Å²) in [5.74, 6) is 0.926. The van der Waals surface area contributed by atoms with Crippen LogP contribution in [-0.2, 0) is 4.74 Å². The van der Waals surface area contributed by atoms with Gasteiger partial charge in [-0.3, -0.25) is 0 Å². The fraction of sp³-hybridized carbons (Fsp3) is 1.00. The molecule has 0 saturated heterocycles. The normalized spacial score (nSPS) is 10.9. The molecule has 0 fully saturated rings. The summed E-state index contributed by atoms with van der Waals surface area (Å²) in [6.07, 6.45) is 5.22. The van der Waals surface area contributed by atoms with E-state index in [1.807, 2.05) is 0 Å². The molecule has 0 spiro atoms. The molecule has 1 nitrogen and oxygen atoms in total. The van der Waals surface area contributed by atoms with Crippen molar-refractivity contribution in [2.24, 2.45) is 5.92 Å². The minimum absolute atomic E-state index is 0.864. The lowest BCUT2D eigenvalue weighted by Gasteiger charge is -2.10. The molecule has 0 aromatic rings. The first-order chi connectivity index (χ1) is 5.35. The molecule has 0 aliphatic carbocycles. The van der Waals surface area contributed by atoms with Crippen molar-refractivity contribution in [2.75, 3.05) is 13.2 Å². The topological polar surface area (TPSA) is 9.23 Å². The Morgan fingerprint density at radius 2 is 1.73 bits per heavy atom. The average Bonchev–Trinajstić information content (AvgIpc) is 2.05. The number of rotatable bonds is 7. The van der Waals surface area contributed by atoms with Gasteiger partial charge in [-0.25, -0.2) is 0 Å². The van der Waals surface area contributed by atoms with Crippen molar-refractivity contribution >= 4 is 0 Å². The van der Waals surface area contributed by atoms with Gasteiger partial charge in [-0.2, -0.15) is 0 Å². The lowest BCUT2D eigenvalue weighted by Crippen LogP contribution is -2.00. The summed E-state index contributed by atoms with van der Waals surface area (Å²) in [6, 6.07) is 0. The van der Waals surface area contributed by atoms with Gasteiger partial charge in [0.15, 0.2) is 0 Å². The summed E-state index contributed by atoms with van der Waals surface area (Å²) >= 11 is 0. The van der Waals surface area contributed by atoms with Gasteiger partial charge in [0.2, 0.25) is 0 Å². The van der Waals surface area contributed by atoms with Gasteiger partial charge >= 0.3 is 0 Å². The molecule has 0 aliphatic rings. The highest BCUT2D eigenvalue weighted by Gasteiger charge is 2.01. The molecule has 0 unspecified atom stereocenters. The monoisotopic (exact) mass is 158 g/mol. The summed E-state index contributed by atoms with van der Waals surface area (Å²) in [7, 11) is 0. The van der Waals surface area contributed by atoms with Crippen LogP contribution in [0.25, 0.3) is 0 Å². The quantitative estimate of drug-likeness (QED) is 0.517. The Balaban J connectivity index is 3.07. The first kappa shape index (κ1) is 11.0. The van der Waals surface area contributed by atoms with Crippen LogP contribution in [-0.4, -0.2) is 13.2 Å². The summed E-state index contributed by atoms with van der Waals surface area (Å²) in [6.45, 7) is 8.41. The second-order valence-corrected chi connectivity index (χ2v) is 3.02. The Labute approximate surface area is 71.1 Å². The maximum atomic E-state index is 5.27. The highest BCUT2D eigenvalue weighted by Crippen LogP contribution is 2.14. The van der Waals surface area contributed by atoms with E-state index in [0.717, 1.165) is 19.1 Å². The van der Waals surface area contributed by atoms with E-state index in [0.29, 0.717) is 0 Å². The minimum Gasteiger partial charge on any atom is -0.382 e. The van der Waals surface area contributed by atoms with Crippen molar-refractivity contribution in [1.29, 1.82) is 0 Å². The summed E-state index contributed by atoms with van der Waals surface area (Å²) in [5.41, 5.74) is 0. The summed E-state index contributed by atoms with van der Waals surface area (Å²) < 4.78 is 5.27. The van der Waals surface area contributed by atoms with Crippen LogP contribution in [0.15, 0.2) is 0 Å². The van der Waals surface area contributed by atoms with Crippen molar-refractivity contribution in [3.8, 4) is 0 Å². The second-order valence-electron chi connectivity index (χ2n) is 3.02. The fourth-order valence-corrected chi connectivity index (χ4v) is 1.32. The average molecular weight is 158 g/mol. The maximum absolute atomic E-state index is 5.27. The van der Waals surface area contributed by atoms with E-state index in [2.05, 4.69) is 20.8 Å². The molecule has 0 radical (unpaired) electrons. The lowest BCUT2D eigenvalue weighted by atomic mass is 9.98. The molecule has 0 aromatic heterocycles. The first-order valence-electron chi connectivity index (χ1n) is 4.92. The molecular formula is C10H22O. The zero-order valence-electron chi connectivity index (χ0n) is 8.23. The van der Waals surface area contributed by atoms with E-state index in [9.17, 15) is 0 Å². The molecule has 0 rings (SSSR count). The SMILES string of the molecule is CCOCCCC(CC)CC. The van der Waals surface area contributed by atoms with E-state index < -0.39 is 0 Å². The van der Waals surface area contributed by atoms with Crippen molar-refractivity contribution in [3.05, 3.63) is 0 Å². The van der Waals surface area contributed by atoms with Gasteiger partial charge in [0, 0.05) is 13.2 Å². The molecular weight excluding hydrogens is 136 g/mol. The fourth-order valence-electron chi connectivity index (χ4n) is 1.32. The predicted octanol–water partition coefficient (Wildman–Crippen LogP) is 3.24. The molecule has 0 aromatic carbocycles. The van der Waals surface area contributed by atoms with Crippen molar-refractivity contribution in [3.63, 3.8) is 0 Å². The number of hydrogen-bond acceptors (Lipinski definition) is 1. The molecule has 11 heavy (non-hydrogen) atoms. The van der Waals surface area contributed by atoms with Crippen LogP contribution in [0.3, 0.4) is 0 Å². The predicted molar refractivity (Wildman–Crippen MR) is 49.8 cm³/mol. The van der Waals surface area contributed by atoms with E-state index >= 15 is 0 Å². The highest BCUT2D eigenvalue weighted by molar-refractivity contribution is 4.53. The molecule has 0 N–H and O–H groups in total. The second kappa shape index (κ2) is 8.06. The van der Waals surface area contributed by atoms with Crippen LogP contribution < -0.4 is 0 Å². The van der Waals surface area contributed by atoms with E-state index in [1.54, 1.807) is 0 Å². The zero-order valence-corrected chi connectivity index (χ0v) is 8.23. The van der Waals surface area contributed by atoms with Gasteiger partial charge in [0.1, 0.15) is 0 Å². The molecule has 0 amide bonds. The molecule has 0 aliphatic heterocycles. The van der Waals surface area contributed by atoms with Crippen molar-refractivity contribution < 1.29 is 4.74 Å². The van der Waals surface area contributed by atoms with Crippen LogP contribution in [0.2, 0.25) is 0 Å². The van der Waals surface area contributed by atoms with E-state index in [1.165, 1.54) is 25.7 Å². The van der Waals surface area contributed by atoms with Crippen molar-refractivity contribution in [1.82, 2.24) is 0 Å². The van der Waals surface area contributed by atoms with Gasteiger partial charge < -0.3 is 4.74 Å². The van der Waals surface area contributed by atoms with E-state index in [4.69, 9.17) is 4.74 Å². The zero-order chi connectivity index (χ0) is 8.53. The Morgan fingerprint density at radius 3 is 2.18 bits per heavy atom. The largest absolute Gasteiger partial charge is 0.382 e. The van der Waals surface area contributed by atoms with Gasteiger partial charge in [0.05, 0.1) is 0 Å². The van der Waals surface area contributed by atoms with Crippen molar-refractivity contribution in [2.45, 2.75) is 46.5 Å². The van der Waals surface area contributed by atoms with Gasteiger partial charge in [-0.1, -0.05) is 26.7 Å². The third-order valence-corrected chi connectivity index (χ3v) is 2.26. The molecule has 0 atom stereocenters. The Bertz CT molecular complexity index is 67.3. The van der Waals surface area contributed by atoms with Gasteiger partial charge in [0.25, 0.3) is 0 Å². The van der Waals surface area contributed by atoms with Crippen LogP contribution in [0, 0.1) is 5.92 Å². The number of ether oxygens (including phenoxy) is 1. The smallest absolute Gasteiger partial charge is 0.0465 e. The van der Waals surface area contributed by atoms with Crippen LogP contribution in [0.5, 0.6) is 0 Å². The maximum Gasteiger partial charge on any atom is 0.0465 e. The molecule has 68 valence electrons. The van der Waals surface area contributed by atoms with Crippen LogP contribution in [0.4, 0.5) is 0 Å². The molecule has 0 saturated carbocycles. The first-order valence-corrected chi connectivity index (χ1v) is 4.92. The minimum atomic E-state index is 0.864. The Morgan fingerprint density at radius 1 is 1.09 bits per heavy atom. The molecule has 1 heteroatoms. The molecule has 0 bridgehead atoms.